The second kappa shape index (κ2) is 8.54. The van der Waals surface area contributed by atoms with Crippen LogP contribution in [0.15, 0.2) is 0 Å². The van der Waals surface area contributed by atoms with Crippen LogP contribution in [0.2, 0.25) is 0 Å². The molecular formula is C15H30N2O2. The highest BCUT2D eigenvalue weighted by molar-refractivity contribution is 5.77. The Morgan fingerprint density at radius 3 is 2.74 bits per heavy atom. The van der Waals surface area contributed by atoms with E-state index in [-0.39, 0.29) is 5.91 Å². The van der Waals surface area contributed by atoms with Crippen molar-refractivity contribution in [3.8, 4) is 0 Å². The third-order valence-corrected chi connectivity index (χ3v) is 4.18. The van der Waals surface area contributed by atoms with Crippen molar-refractivity contribution < 1.29 is 9.53 Å². The molecule has 0 aromatic heterocycles. The molecule has 3 unspecified atom stereocenters. The van der Waals surface area contributed by atoms with Crippen LogP contribution in [0.1, 0.15) is 40.0 Å². The minimum absolute atomic E-state index is 0.0674. The number of ether oxygens (including phenoxy) is 1. The minimum atomic E-state index is 0.0674. The fraction of sp³-hybridized carbons (Fsp3) is 0.933. The van der Waals surface area contributed by atoms with Crippen molar-refractivity contribution in [1.82, 2.24) is 10.6 Å². The molecule has 0 saturated heterocycles. The molecule has 112 valence electrons. The predicted molar refractivity (Wildman–Crippen MR) is 78.0 cm³/mol. The van der Waals surface area contributed by atoms with Gasteiger partial charge in [-0.05, 0) is 30.6 Å². The summed E-state index contributed by atoms with van der Waals surface area (Å²) in [6.07, 6.45) is 3.79. The van der Waals surface area contributed by atoms with E-state index in [4.69, 9.17) is 4.74 Å². The van der Waals surface area contributed by atoms with Gasteiger partial charge in [-0.15, -0.1) is 0 Å². The smallest absolute Gasteiger partial charge is 0.234 e. The standard InChI is InChI=1S/C15H30N2O2/c1-11(2)13-6-5-12(3)9-14(13)17-10-15(18)16-7-8-19-4/h11-14,17H,5-10H2,1-4H3,(H,16,18). The van der Waals surface area contributed by atoms with E-state index in [1.54, 1.807) is 7.11 Å². The molecule has 1 aliphatic rings. The second-order valence-corrected chi connectivity index (χ2v) is 6.16. The summed E-state index contributed by atoms with van der Waals surface area (Å²) in [7, 11) is 1.64. The number of rotatable bonds is 7. The molecule has 3 atom stereocenters. The molecule has 1 fully saturated rings. The fourth-order valence-electron chi connectivity index (χ4n) is 3.02. The highest BCUT2D eigenvalue weighted by atomic mass is 16.5. The Labute approximate surface area is 117 Å². The summed E-state index contributed by atoms with van der Waals surface area (Å²) in [6, 6.07) is 0.483. The minimum Gasteiger partial charge on any atom is -0.383 e. The van der Waals surface area contributed by atoms with Crippen LogP contribution < -0.4 is 10.6 Å². The number of nitrogens with one attached hydrogen (secondary N) is 2. The van der Waals surface area contributed by atoms with Crippen LogP contribution in [-0.2, 0) is 9.53 Å². The van der Waals surface area contributed by atoms with E-state index in [0.29, 0.717) is 37.6 Å². The molecule has 0 radical (unpaired) electrons. The monoisotopic (exact) mass is 270 g/mol. The number of hydrogen-bond acceptors (Lipinski definition) is 3. The van der Waals surface area contributed by atoms with Gasteiger partial charge in [-0.3, -0.25) is 4.79 Å². The zero-order chi connectivity index (χ0) is 14.3. The van der Waals surface area contributed by atoms with Crippen LogP contribution in [0.25, 0.3) is 0 Å². The van der Waals surface area contributed by atoms with Gasteiger partial charge in [-0.2, -0.15) is 0 Å². The van der Waals surface area contributed by atoms with Crippen molar-refractivity contribution in [3.63, 3.8) is 0 Å². The van der Waals surface area contributed by atoms with Crippen molar-refractivity contribution in [3.05, 3.63) is 0 Å². The lowest BCUT2D eigenvalue weighted by Gasteiger charge is -2.37. The number of carbonyl (C=O) groups is 1. The molecule has 0 aromatic rings. The molecular weight excluding hydrogens is 240 g/mol. The number of amides is 1. The molecule has 1 aliphatic carbocycles. The van der Waals surface area contributed by atoms with Gasteiger partial charge >= 0.3 is 0 Å². The first-order valence-corrected chi connectivity index (χ1v) is 7.53. The lowest BCUT2D eigenvalue weighted by Crippen LogP contribution is -2.47. The second-order valence-electron chi connectivity index (χ2n) is 6.16. The van der Waals surface area contributed by atoms with Crippen molar-refractivity contribution in [1.29, 1.82) is 0 Å². The van der Waals surface area contributed by atoms with Gasteiger partial charge in [0, 0.05) is 19.7 Å². The lowest BCUT2D eigenvalue weighted by molar-refractivity contribution is -0.120. The summed E-state index contributed by atoms with van der Waals surface area (Å²) in [6.45, 7) is 8.46. The first-order valence-electron chi connectivity index (χ1n) is 7.53. The van der Waals surface area contributed by atoms with Gasteiger partial charge in [0.1, 0.15) is 0 Å². The van der Waals surface area contributed by atoms with Gasteiger partial charge in [-0.1, -0.05) is 27.2 Å². The van der Waals surface area contributed by atoms with E-state index in [2.05, 4.69) is 31.4 Å². The van der Waals surface area contributed by atoms with Crippen molar-refractivity contribution in [2.45, 2.75) is 46.1 Å². The first-order chi connectivity index (χ1) is 9.04. The molecule has 1 amide bonds. The normalized spacial score (nSPS) is 27.5. The average molecular weight is 270 g/mol. The van der Waals surface area contributed by atoms with Gasteiger partial charge < -0.3 is 15.4 Å². The maximum absolute atomic E-state index is 11.7. The van der Waals surface area contributed by atoms with E-state index in [1.807, 2.05) is 0 Å². The fourth-order valence-corrected chi connectivity index (χ4v) is 3.02. The largest absolute Gasteiger partial charge is 0.383 e. The first kappa shape index (κ1) is 16.4. The van der Waals surface area contributed by atoms with Crippen LogP contribution in [0, 0.1) is 17.8 Å². The third-order valence-electron chi connectivity index (χ3n) is 4.18. The van der Waals surface area contributed by atoms with Crippen LogP contribution in [-0.4, -0.2) is 38.8 Å². The molecule has 0 heterocycles. The van der Waals surface area contributed by atoms with Crippen molar-refractivity contribution in [2.75, 3.05) is 26.8 Å². The molecule has 0 bridgehead atoms. The highest BCUT2D eigenvalue weighted by Gasteiger charge is 2.30. The predicted octanol–water partition coefficient (Wildman–Crippen LogP) is 1.80. The Balaban J connectivity index is 2.33. The van der Waals surface area contributed by atoms with E-state index < -0.39 is 0 Å². The molecule has 2 N–H and O–H groups in total. The maximum Gasteiger partial charge on any atom is 0.234 e. The molecule has 1 saturated carbocycles. The molecule has 0 aromatic carbocycles. The Hall–Kier alpha value is -0.610. The van der Waals surface area contributed by atoms with Crippen LogP contribution in [0.4, 0.5) is 0 Å². The molecule has 4 nitrogen and oxygen atoms in total. The topological polar surface area (TPSA) is 50.4 Å². The quantitative estimate of drug-likeness (QED) is 0.694. The van der Waals surface area contributed by atoms with E-state index in [1.165, 1.54) is 19.3 Å². The summed E-state index contributed by atoms with van der Waals surface area (Å²) in [5, 5.41) is 6.31. The molecule has 1 rings (SSSR count). The van der Waals surface area contributed by atoms with Crippen LogP contribution >= 0.6 is 0 Å². The number of methoxy groups -OCH3 is 1. The van der Waals surface area contributed by atoms with Crippen molar-refractivity contribution in [2.24, 2.45) is 17.8 Å². The van der Waals surface area contributed by atoms with Crippen molar-refractivity contribution >= 4 is 5.91 Å². The van der Waals surface area contributed by atoms with Gasteiger partial charge in [0.15, 0.2) is 0 Å². The average Bonchev–Trinajstić information content (AvgIpc) is 2.36. The van der Waals surface area contributed by atoms with Gasteiger partial charge in [-0.25, -0.2) is 0 Å². The van der Waals surface area contributed by atoms with E-state index >= 15 is 0 Å². The van der Waals surface area contributed by atoms with E-state index in [9.17, 15) is 4.79 Å². The van der Waals surface area contributed by atoms with E-state index in [0.717, 1.165) is 5.92 Å². The summed E-state index contributed by atoms with van der Waals surface area (Å²) in [5.41, 5.74) is 0. The Bertz CT molecular complexity index is 269. The van der Waals surface area contributed by atoms with Gasteiger partial charge in [0.2, 0.25) is 5.91 Å². The number of hydrogen-bond donors (Lipinski definition) is 2. The Kier molecular flexibility index (Phi) is 7.39. The highest BCUT2D eigenvalue weighted by Crippen LogP contribution is 2.33. The molecule has 19 heavy (non-hydrogen) atoms. The van der Waals surface area contributed by atoms with Crippen LogP contribution in [0.5, 0.6) is 0 Å². The molecule has 0 aliphatic heterocycles. The lowest BCUT2D eigenvalue weighted by atomic mass is 9.74. The van der Waals surface area contributed by atoms with Crippen LogP contribution in [0.3, 0.4) is 0 Å². The SMILES string of the molecule is COCCNC(=O)CNC1CC(C)CCC1C(C)C. The third kappa shape index (κ3) is 5.91. The summed E-state index contributed by atoms with van der Waals surface area (Å²) < 4.78 is 4.91. The zero-order valence-electron chi connectivity index (χ0n) is 12.9. The zero-order valence-corrected chi connectivity index (χ0v) is 12.9. The van der Waals surface area contributed by atoms with Gasteiger partial charge in [0.05, 0.1) is 13.2 Å². The summed E-state index contributed by atoms with van der Waals surface area (Å²) in [5.74, 6) is 2.21. The molecule has 4 heteroatoms. The summed E-state index contributed by atoms with van der Waals surface area (Å²) >= 11 is 0. The molecule has 0 spiro atoms. The van der Waals surface area contributed by atoms with Gasteiger partial charge in [0.25, 0.3) is 0 Å². The maximum atomic E-state index is 11.7. The Morgan fingerprint density at radius 2 is 2.11 bits per heavy atom. The number of carbonyl (C=O) groups excluding carboxylic acids is 1. The Morgan fingerprint density at radius 1 is 1.37 bits per heavy atom. The summed E-state index contributed by atoms with van der Waals surface area (Å²) in [4.78, 5) is 11.7.